The molecule has 3 heterocycles. The minimum Gasteiger partial charge on any atom is -0.481 e. The Morgan fingerprint density at radius 1 is 1.38 bits per heavy atom. The first-order chi connectivity index (χ1) is 14.1. The van der Waals surface area contributed by atoms with Crippen molar-refractivity contribution in [1.82, 2.24) is 25.4 Å². The number of pyridine rings is 1. The lowest BCUT2D eigenvalue weighted by Gasteiger charge is -2.14. The van der Waals surface area contributed by atoms with E-state index in [0.29, 0.717) is 24.8 Å². The highest BCUT2D eigenvalue weighted by Crippen LogP contribution is 2.27. The van der Waals surface area contributed by atoms with Crippen molar-refractivity contribution in [3.05, 3.63) is 54.1 Å². The average molecular weight is 397 g/mol. The molecular weight excluding hydrogens is 373 g/mol. The zero-order valence-corrected chi connectivity index (χ0v) is 16.3. The van der Waals surface area contributed by atoms with Crippen LogP contribution in [0.5, 0.6) is 5.75 Å². The number of rotatable bonds is 7. The molecule has 1 fully saturated rings. The Bertz CT molecular complexity index is 982. The van der Waals surface area contributed by atoms with Gasteiger partial charge in [0.15, 0.2) is 11.8 Å². The number of carbonyl (C=O) groups is 1. The zero-order chi connectivity index (χ0) is 20.2. The summed E-state index contributed by atoms with van der Waals surface area (Å²) < 4.78 is 20.4. The number of benzene rings is 1. The summed E-state index contributed by atoms with van der Waals surface area (Å²) in [5, 5.41) is 12.1. The van der Waals surface area contributed by atoms with E-state index < -0.39 is 6.10 Å². The lowest BCUT2D eigenvalue weighted by Crippen LogP contribution is -2.38. The van der Waals surface area contributed by atoms with E-state index in [1.807, 2.05) is 10.7 Å². The third-order valence-corrected chi connectivity index (χ3v) is 5.10. The monoisotopic (exact) mass is 397 g/mol. The fourth-order valence-electron chi connectivity index (χ4n) is 3.58. The van der Waals surface area contributed by atoms with Gasteiger partial charge in [-0.05, 0) is 56.3 Å². The van der Waals surface area contributed by atoms with E-state index in [1.165, 1.54) is 24.3 Å². The summed E-state index contributed by atoms with van der Waals surface area (Å²) in [6, 6.07) is 9.58. The van der Waals surface area contributed by atoms with Crippen LogP contribution >= 0.6 is 0 Å². The molecule has 0 bridgehead atoms. The SMILES string of the molecule is C[C@H](Oc1ccc(F)cc1)C(=O)NCCn1nc([C@@H]2CCNC2)c2cccnc21. The molecule has 2 N–H and O–H groups in total. The van der Waals surface area contributed by atoms with Crippen molar-refractivity contribution < 1.29 is 13.9 Å². The van der Waals surface area contributed by atoms with Gasteiger partial charge in [-0.15, -0.1) is 0 Å². The molecule has 1 aliphatic heterocycles. The molecular formula is C21H24FN5O2. The van der Waals surface area contributed by atoms with Crippen molar-refractivity contribution in [2.75, 3.05) is 19.6 Å². The number of nitrogens with zero attached hydrogens (tertiary/aromatic N) is 3. The minimum atomic E-state index is -0.687. The van der Waals surface area contributed by atoms with Crippen molar-refractivity contribution in [3.8, 4) is 5.75 Å². The fourth-order valence-corrected chi connectivity index (χ4v) is 3.58. The van der Waals surface area contributed by atoms with Crippen LogP contribution in [0.4, 0.5) is 4.39 Å². The van der Waals surface area contributed by atoms with Crippen LogP contribution in [-0.4, -0.2) is 46.4 Å². The lowest BCUT2D eigenvalue weighted by molar-refractivity contribution is -0.127. The maximum atomic E-state index is 13.0. The molecule has 0 radical (unpaired) electrons. The Balaban J connectivity index is 1.37. The Labute approximate surface area is 168 Å². The highest BCUT2D eigenvalue weighted by Gasteiger charge is 2.23. The van der Waals surface area contributed by atoms with Gasteiger partial charge in [-0.25, -0.2) is 14.1 Å². The van der Waals surface area contributed by atoms with Crippen LogP contribution < -0.4 is 15.4 Å². The molecule has 7 nitrogen and oxygen atoms in total. The molecule has 0 unspecified atom stereocenters. The Kier molecular flexibility index (Phi) is 5.71. The molecule has 2 atom stereocenters. The summed E-state index contributed by atoms with van der Waals surface area (Å²) in [6.45, 7) is 4.51. The summed E-state index contributed by atoms with van der Waals surface area (Å²) in [6.07, 6.45) is 2.14. The van der Waals surface area contributed by atoms with Crippen molar-refractivity contribution in [2.24, 2.45) is 0 Å². The van der Waals surface area contributed by atoms with Crippen LogP contribution in [0.25, 0.3) is 11.0 Å². The first-order valence-corrected chi connectivity index (χ1v) is 9.84. The van der Waals surface area contributed by atoms with Crippen molar-refractivity contribution in [3.63, 3.8) is 0 Å². The van der Waals surface area contributed by atoms with Gasteiger partial charge in [0.2, 0.25) is 0 Å². The van der Waals surface area contributed by atoms with Gasteiger partial charge in [0.1, 0.15) is 11.6 Å². The third kappa shape index (κ3) is 4.37. The molecule has 1 amide bonds. The molecule has 3 aromatic rings. The molecule has 1 saturated heterocycles. The molecule has 0 saturated carbocycles. The molecule has 0 spiro atoms. The summed E-state index contributed by atoms with van der Waals surface area (Å²) in [5.41, 5.74) is 1.90. The van der Waals surface area contributed by atoms with E-state index in [9.17, 15) is 9.18 Å². The average Bonchev–Trinajstić information content (AvgIpc) is 3.38. The number of nitrogens with one attached hydrogen (secondary N) is 2. The van der Waals surface area contributed by atoms with Gasteiger partial charge in [-0.1, -0.05) is 0 Å². The Hall–Kier alpha value is -3.00. The van der Waals surface area contributed by atoms with Crippen LogP contribution in [0.15, 0.2) is 42.6 Å². The number of hydrogen-bond acceptors (Lipinski definition) is 5. The number of hydrogen-bond donors (Lipinski definition) is 2. The highest BCUT2D eigenvalue weighted by molar-refractivity contribution is 5.81. The van der Waals surface area contributed by atoms with Crippen molar-refractivity contribution in [2.45, 2.75) is 31.9 Å². The normalized spacial score (nSPS) is 17.4. The fraction of sp³-hybridized carbons (Fsp3) is 0.381. The summed E-state index contributed by atoms with van der Waals surface area (Å²) in [5.74, 6) is 0.258. The van der Waals surface area contributed by atoms with Crippen molar-refractivity contribution >= 4 is 16.9 Å². The third-order valence-electron chi connectivity index (χ3n) is 5.10. The molecule has 1 aromatic carbocycles. The Morgan fingerprint density at radius 3 is 2.97 bits per heavy atom. The smallest absolute Gasteiger partial charge is 0.260 e. The molecule has 152 valence electrons. The Morgan fingerprint density at radius 2 is 2.21 bits per heavy atom. The van der Waals surface area contributed by atoms with E-state index in [0.717, 1.165) is 36.2 Å². The summed E-state index contributed by atoms with van der Waals surface area (Å²) >= 11 is 0. The maximum Gasteiger partial charge on any atom is 0.260 e. The molecule has 2 aromatic heterocycles. The van der Waals surface area contributed by atoms with Crippen LogP contribution in [0.3, 0.4) is 0 Å². The van der Waals surface area contributed by atoms with Crippen LogP contribution in [-0.2, 0) is 11.3 Å². The predicted octanol–water partition coefficient (Wildman–Crippen LogP) is 2.23. The largest absolute Gasteiger partial charge is 0.481 e. The van der Waals surface area contributed by atoms with E-state index in [2.05, 4.69) is 21.7 Å². The first-order valence-electron chi connectivity index (χ1n) is 9.84. The number of fused-ring (bicyclic) bond motifs is 1. The molecule has 0 aliphatic carbocycles. The van der Waals surface area contributed by atoms with Gasteiger partial charge < -0.3 is 15.4 Å². The van der Waals surface area contributed by atoms with Gasteiger partial charge in [0, 0.05) is 30.6 Å². The van der Waals surface area contributed by atoms with Gasteiger partial charge in [-0.2, -0.15) is 5.10 Å². The minimum absolute atomic E-state index is 0.237. The second-order valence-corrected chi connectivity index (χ2v) is 7.18. The van der Waals surface area contributed by atoms with Crippen LogP contribution in [0, 0.1) is 5.82 Å². The van der Waals surface area contributed by atoms with Crippen LogP contribution in [0.1, 0.15) is 25.0 Å². The zero-order valence-electron chi connectivity index (χ0n) is 16.3. The molecule has 1 aliphatic rings. The highest BCUT2D eigenvalue weighted by atomic mass is 19.1. The number of halogens is 1. The maximum absolute atomic E-state index is 13.0. The summed E-state index contributed by atoms with van der Waals surface area (Å²) in [4.78, 5) is 16.8. The molecule has 8 heteroatoms. The number of amides is 1. The van der Waals surface area contributed by atoms with E-state index in [1.54, 1.807) is 13.1 Å². The second kappa shape index (κ2) is 8.57. The number of aromatic nitrogens is 3. The standard InChI is InChI=1S/C21H24FN5O2/c1-14(29-17-6-4-16(22)5-7-17)21(28)25-11-12-27-20-18(3-2-9-24-20)19(26-27)15-8-10-23-13-15/h2-7,9,14-15,23H,8,10-13H2,1H3,(H,25,28)/t14-,15+/m0/s1. The van der Waals surface area contributed by atoms with Gasteiger partial charge in [-0.3, -0.25) is 4.79 Å². The first kappa shape index (κ1) is 19.3. The second-order valence-electron chi connectivity index (χ2n) is 7.18. The van der Waals surface area contributed by atoms with Gasteiger partial charge in [0.05, 0.1) is 12.2 Å². The molecule has 4 rings (SSSR count). The van der Waals surface area contributed by atoms with Gasteiger partial charge in [0.25, 0.3) is 5.91 Å². The molecule has 29 heavy (non-hydrogen) atoms. The quantitative estimate of drug-likeness (QED) is 0.639. The predicted molar refractivity (Wildman–Crippen MR) is 107 cm³/mol. The van der Waals surface area contributed by atoms with E-state index in [4.69, 9.17) is 9.84 Å². The number of carbonyl (C=O) groups excluding carboxylic acids is 1. The van der Waals surface area contributed by atoms with Crippen LogP contribution in [0.2, 0.25) is 0 Å². The van der Waals surface area contributed by atoms with E-state index >= 15 is 0 Å². The van der Waals surface area contributed by atoms with Crippen molar-refractivity contribution in [1.29, 1.82) is 0 Å². The van der Waals surface area contributed by atoms with Gasteiger partial charge >= 0.3 is 0 Å². The lowest BCUT2D eigenvalue weighted by atomic mass is 10.0. The van der Waals surface area contributed by atoms with E-state index in [-0.39, 0.29) is 11.7 Å². The summed E-state index contributed by atoms with van der Waals surface area (Å²) in [7, 11) is 0. The number of ether oxygens (including phenoxy) is 1. The topological polar surface area (TPSA) is 81.1 Å².